The largest absolute Gasteiger partial charge is 0.321 e. The molecule has 0 saturated carbocycles. The topological polar surface area (TPSA) is 72.7 Å². The van der Waals surface area contributed by atoms with Gasteiger partial charge >= 0.3 is 0 Å². The molecule has 104 valence electrons. The van der Waals surface area contributed by atoms with Crippen molar-refractivity contribution < 1.29 is 4.79 Å². The molecule has 0 aliphatic carbocycles. The van der Waals surface area contributed by atoms with Crippen LogP contribution in [0.1, 0.15) is 10.4 Å². The first-order chi connectivity index (χ1) is 10.2. The monoisotopic (exact) mass is 343 g/mol. The van der Waals surface area contributed by atoms with Gasteiger partial charge in [-0.1, -0.05) is 0 Å². The maximum atomic E-state index is 12.3. The SMILES string of the molecule is O=C(Nc1cccnc1)c1cc(-n2cnnc2)ccc1Br. The number of nitrogens with one attached hydrogen (secondary N) is 1. The molecule has 0 saturated heterocycles. The molecule has 0 radical (unpaired) electrons. The van der Waals surface area contributed by atoms with Gasteiger partial charge in [-0.25, -0.2) is 0 Å². The van der Waals surface area contributed by atoms with Gasteiger partial charge in [0.15, 0.2) is 0 Å². The molecule has 0 unspecified atom stereocenters. The summed E-state index contributed by atoms with van der Waals surface area (Å²) in [4.78, 5) is 16.3. The first-order valence-corrected chi connectivity index (χ1v) is 6.89. The summed E-state index contributed by atoms with van der Waals surface area (Å²) in [5.41, 5.74) is 1.97. The van der Waals surface area contributed by atoms with Crippen LogP contribution in [-0.2, 0) is 0 Å². The average molecular weight is 344 g/mol. The average Bonchev–Trinajstić information content (AvgIpc) is 3.03. The van der Waals surface area contributed by atoms with Crippen LogP contribution < -0.4 is 5.32 Å². The van der Waals surface area contributed by atoms with E-state index < -0.39 is 0 Å². The minimum Gasteiger partial charge on any atom is -0.321 e. The van der Waals surface area contributed by atoms with E-state index in [1.54, 1.807) is 47.8 Å². The van der Waals surface area contributed by atoms with Gasteiger partial charge < -0.3 is 5.32 Å². The summed E-state index contributed by atoms with van der Waals surface area (Å²) in [7, 11) is 0. The molecule has 1 amide bonds. The second-order valence-corrected chi connectivity index (χ2v) is 5.08. The van der Waals surface area contributed by atoms with E-state index >= 15 is 0 Å². The summed E-state index contributed by atoms with van der Waals surface area (Å²) in [5, 5.41) is 10.3. The smallest absolute Gasteiger partial charge is 0.256 e. The van der Waals surface area contributed by atoms with E-state index in [-0.39, 0.29) is 5.91 Å². The van der Waals surface area contributed by atoms with E-state index in [1.165, 1.54) is 0 Å². The molecule has 0 bridgehead atoms. The number of benzene rings is 1. The van der Waals surface area contributed by atoms with Crippen molar-refractivity contribution in [1.29, 1.82) is 0 Å². The highest BCUT2D eigenvalue weighted by Crippen LogP contribution is 2.21. The first-order valence-electron chi connectivity index (χ1n) is 6.10. The van der Waals surface area contributed by atoms with Crippen LogP contribution in [0, 0.1) is 0 Å². The Bertz CT molecular complexity index is 758. The molecule has 0 fully saturated rings. The Morgan fingerprint density at radius 1 is 1.19 bits per heavy atom. The van der Waals surface area contributed by atoms with Crippen molar-refractivity contribution in [2.45, 2.75) is 0 Å². The van der Waals surface area contributed by atoms with Crippen molar-refractivity contribution in [2.75, 3.05) is 5.32 Å². The van der Waals surface area contributed by atoms with Gasteiger partial charge in [0.2, 0.25) is 0 Å². The molecule has 3 rings (SSSR count). The van der Waals surface area contributed by atoms with Crippen LogP contribution in [0.3, 0.4) is 0 Å². The van der Waals surface area contributed by atoms with Gasteiger partial charge in [-0.15, -0.1) is 10.2 Å². The van der Waals surface area contributed by atoms with Gasteiger partial charge in [-0.3, -0.25) is 14.3 Å². The maximum Gasteiger partial charge on any atom is 0.256 e. The summed E-state index contributed by atoms with van der Waals surface area (Å²) in [6.07, 6.45) is 6.39. The van der Waals surface area contributed by atoms with Crippen molar-refractivity contribution >= 4 is 27.5 Å². The summed E-state index contributed by atoms with van der Waals surface area (Å²) < 4.78 is 2.44. The van der Waals surface area contributed by atoms with E-state index in [4.69, 9.17) is 0 Å². The zero-order valence-corrected chi connectivity index (χ0v) is 12.4. The number of halogens is 1. The van der Waals surface area contributed by atoms with E-state index in [9.17, 15) is 4.79 Å². The van der Waals surface area contributed by atoms with E-state index in [1.807, 2.05) is 12.1 Å². The molecule has 1 N–H and O–H groups in total. The molecule has 21 heavy (non-hydrogen) atoms. The normalized spacial score (nSPS) is 10.3. The Morgan fingerprint density at radius 2 is 2.00 bits per heavy atom. The number of aromatic nitrogens is 4. The lowest BCUT2D eigenvalue weighted by atomic mass is 10.2. The fourth-order valence-corrected chi connectivity index (χ4v) is 2.24. The zero-order valence-electron chi connectivity index (χ0n) is 10.8. The van der Waals surface area contributed by atoms with Gasteiger partial charge in [-0.05, 0) is 46.3 Å². The Labute approximate surface area is 129 Å². The number of amides is 1. The molecule has 7 heteroatoms. The number of pyridine rings is 1. The predicted molar refractivity (Wildman–Crippen MR) is 81.2 cm³/mol. The fourth-order valence-electron chi connectivity index (χ4n) is 1.82. The third-order valence-electron chi connectivity index (χ3n) is 2.83. The standard InChI is InChI=1S/C14H10BrN5O/c15-13-4-3-11(20-8-17-18-9-20)6-12(13)14(21)19-10-2-1-5-16-7-10/h1-9H,(H,19,21). The highest BCUT2D eigenvalue weighted by Gasteiger charge is 2.12. The third-order valence-corrected chi connectivity index (χ3v) is 3.52. The molecule has 2 heterocycles. The van der Waals surface area contributed by atoms with E-state index in [0.29, 0.717) is 15.7 Å². The number of hydrogen-bond acceptors (Lipinski definition) is 4. The lowest BCUT2D eigenvalue weighted by molar-refractivity contribution is 0.102. The Kier molecular flexibility index (Phi) is 3.74. The van der Waals surface area contributed by atoms with Crippen LogP contribution in [0.5, 0.6) is 0 Å². The van der Waals surface area contributed by atoms with Crippen LogP contribution >= 0.6 is 15.9 Å². The van der Waals surface area contributed by atoms with Crippen molar-refractivity contribution in [3.8, 4) is 5.69 Å². The minimum atomic E-state index is -0.218. The second kappa shape index (κ2) is 5.84. The summed E-state index contributed by atoms with van der Waals surface area (Å²) >= 11 is 3.39. The quantitative estimate of drug-likeness (QED) is 0.793. The second-order valence-electron chi connectivity index (χ2n) is 4.23. The van der Waals surface area contributed by atoms with Crippen LogP contribution in [0.2, 0.25) is 0 Å². The highest BCUT2D eigenvalue weighted by atomic mass is 79.9. The lowest BCUT2D eigenvalue weighted by Crippen LogP contribution is -2.13. The Morgan fingerprint density at radius 3 is 2.71 bits per heavy atom. The highest BCUT2D eigenvalue weighted by molar-refractivity contribution is 9.10. The summed E-state index contributed by atoms with van der Waals surface area (Å²) in [5.74, 6) is -0.218. The molecule has 0 aliphatic heterocycles. The molecule has 0 atom stereocenters. The molecule has 1 aromatic carbocycles. The number of nitrogens with zero attached hydrogens (tertiary/aromatic N) is 4. The van der Waals surface area contributed by atoms with E-state index in [0.717, 1.165) is 5.69 Å². The molecule has 0 aliphatic rings. The van der Waals surface area contributed by atoms with Gasteiger partial charge in [-0.2, -0.15) is 0 Å². The Hall–Kier alpha value is -2.54. The van der Waals surface area contributed by atoms with Gasteiger partial charge in [0.25, 0.3) is 5.91 Å². The van der Waals surface area contributed by atoms with Gasteiger partial charge in [0.1, 0.15) is 12.7 Å². The Balaban J connectivity index is 1.91. The lowest BCUT2D eigenvalue weighted by Gasteiger charge is -2.09. The van der Waals surface area contributed by atoms with Crippen LogP contribution in [0.25, 0.3) is 5.69 Å². The van der Waals surface area contributed by atoms with Crippen LogP contribution in [0.4, 0.5) is 5.69 Å². The number of anilines is 1. The number of hydrogen-bond donors (Lipinski definition) is 1. The molecular formula is C14H10BrN5O. The van der Waals surface area contributed by atoms with Gasteiger partial charge in [0, 0.05) is 16.4 Å². The van der Waals surface area contributed by atoms with Crippen molar-refractivity contribution in [3.63, 3.8) is 0 Å². The van der Waals surface area contributed by atoms with Crippen molar-refractivity contribution in [1.82, 2.24) is 19.7 Å². The fraction of sp³-hybridized carbons (Fsp3) is 0. The number of rotatable bonds is 3. The zero-order chi connectivity index (χ0) is 14.7. The maximum absolute atomic E-state index is 12.3. The molecule has 2 aromatic heterocycles. The van der Waals surface area contributed by atoms with Crippen LogP contribution in [0.15, 0.2) is 59.9 Å². The molecule has 0 spiro atoms. The first kappa shape index (κ1) is 13.4. The van der Waals surface area contributed by atoms with E-state index in [2.05, 4.69) is 36.4 Å². The minimum absolute atomic E-state index is 0.218. The number of carbonyl (C=O) groups is 1. The molecule has 6 nitrogen and oxygen atoms in total. The van der Waals surface area contributed by atoms with Crippen molar-refractivity contribution in [3.05, 3.63) is 65.4 Å². The number of carbonyl (C=O) groups excluding carboxylic acids is 1. The molecular weight excluding hydrogens is 334 g/mol. The van der Waals surface area contributed by atoms with Crippen LogP contribution in [-0.4, -0.2) is 25.7 Å². The molecule has 3 aromatic rings. The third kappa shape index (κ3) is 2.97. The van der Waals surface area contributed by atoms with Gasteiger partial charge in [0.05, 0.1) is 17.4 Å². The summed E-state index contributed by atoms with van der Waals surface area (Å²) in [6, 6.07) is 8.99. The van der Waals surface area contributed by atoms with Crippen molar-refractivity contribution in [2.24, 2.45) is 0 Å². The predicted octanol–water partition coefficient (Wildman–Crippen LogP) is 2.68. The summed E-state index contributed by atoms with van der Waals surface area (Å²) in [6.45, 7) is 0.